The maximum absolute atomic E-state index is 11.8. The Morgan fingerprint density at radius 2 is 2.08 bits per heavy atom. The van der Waals surface area contributed by atoms with E-state index < -0.39 is 0 Å². The van der Waals surface area contributed by atoms with Crippen LogP contribution in [0.4, 0.5) is 0 Å². The lowest BCUT2D eigenvalue weighted by molar-refractivity contribution is -0.148. The van der Waals surface area contributed by atoms with Crippen LogP contribution in [0.15, 0.2) is 0 Å². The zero-order valence-electron chi connectivity index (χ0n) is 7.78. The van der Waals surface area contributed by atoms with Gasteiger partial charge in [-0.25, -0.2) is 0 Å². The largest absolute Gasteiger partial charge is 0.396 e. The summed E-state index contributed by atoms with van der Waals surface area (Å²) in [6, 6.07) is 0. The lowest BCUT2D eigenvalue weighted by atomic mass is 9.51. The predicted molar refractivity (Wildman–Crippen MR) is 48.0 cm³/mol. The summed E-state index contributed by atoms with van der Waals surface area (Å²) in [4.78, 5) is 11.8. The number of ketones is 1. The number of Topliss-reactive ketones (excluding diaryl/α,β-unsaturated/α-hetero) is 1. The van der Waals surface area contributed by atoms with E-state index in [1.807, 2.05) is 0 Å². The summed E-state index contributed by atoms with van der Waals surface area (Å²) >= 11 is 0. The van der Waals surface area contributed by atoms with Crippen molar-refractivity contribution in [3.8, 4) is 0 Å². The molecule has 0 aromatic rings. The number of hydrogen-bond donors (Lipinski definition) is 1. The van der Waals surface area contributed by atoms with E-state index in [9.17, 15) is 9.90 Å². The molecule has 5 atom stereocenters. The van der Waals surface area contributed by atoms with Crippen LogP contribution in [0.5, 0.6) is 0 Å². The highest BCUT2D eigenvalue weighted by Gasteiger charge is 2.52. The van der Waals surface area contributed by atoms with Crippen LogP contribution < -0.4 is 0 Å². The Kier molecular flexibility index (Phi) is 1.58. The Morgan fingerprint density at radius 3 is 2.85 bits per heavy atom. The molecular formula is C11H16O2. The summed E-state index contributed by atoms with van der Waals surface area (Å²) in [7, 11) is 0. The summed E-state index contributed by atoms with van der Waals surface area (Å²) in [5.74, 6) is 2.90. The van der Waals surface area contributed by atoms with Gasteiger partial charge in [-0.15, -0.1) is 0 Å². The summed E-state index contributed by atoms with van der Waals surface area (Å²) in [5.41, 5.74) is 0. The van der Waals surface area contributed by atoms with Crippen molar-refractivity contribution >= 4 is 5.78 Å². The molecule has 4 aliphatic carbocycles. The lowest BCUT2D eigenvalue weighted by Crippen LogP contribution is -2.52. The SMILES string of the molecule is O=C1[C@@H]2C[C@H]3C[C@@H](C2)[C@H](CO)[C@@H]1C3. The summed E-state index contributed by atoms with van der Waals surface area (Å²) in [5, 5.41) is 9.26. The fraction of sp³-hybridized carbons (Fsp3) is 0.909. The van der Waals surface area contributed by atoms with Gasteiger partial charge in [0.05, 0.1) is 0 Å². The third kappa shape index (κ3) is 0.954. The second kappa shape index (κ2) is 2.57. The van der Waals surface area contributed by atoms with Gasteiger partial charge in [-0.05, 0) is 43.4 Å². The number of aliphatic hydroxyl groups excluding tert-OH is 1. The average molecular weight is 180 g/mol. The highest BCUT2D eigenvalue weighted by molar-refractivity contribution is 5.85. The van der Waals surface area contributed by atoms with E-state index in [0.29, 0.717) is 23.5 Å². The van der Waals surface area contributed by atoms with E-state index >= 15 is 0 Å². The number of carbonyl (C=O) groups is 1. The molecule has 4 rings (SSSR count). The van der Waals surface area contributed by atoms with Crippen LogP contribution in [0.2, 0.25) is 0 Å². The molecule has 2 heteroatoms. The van der Waals surface area contributed by atoms with Crippen molar-refractivity contribution in [3.63, 3.8) is 0 Å². The molecule has 0 aromatic carbocycles. The molecule has 0 aliphatic heterocycles. The van der Waals surface area contributed by atoms with Gasteiger partial charge in [-0.1, -0.05) is 0 Å². The molecule has 72 valence electrons. The normalized spacial score (nSPS) is 53.0. The summed E-state index contributed by atoms with van der Waals surface area (Å²) < 4.78 is 0. The van der Waals surface area contributed by atoms with E-state index in [1.165, 1.54) is 6.42 Å². The molecule has 0 heterocycles. The van der Waals surface area contributed by atoms with E-state index in [1.54, 1.807) is 0 Å². The first-order valence-electron chi connectivity index (χ1n) is 5.44. The minimum Gasteiger partial charge on any atom is -0.396 e. The molecule has 0 spiro atoms. The molecule has 0 saturated heterocycles. The maximum atomic E-state index is 11.8. The molecule has 4 bridgehead atoms. The molecule has 13 heavy (non-hydrogen) atoms. The molecular weight excluding hydrogens is 164 g/mol. The van der Waals surface area contributed by atoms with Crippen LogP contribution >= 0.6 is 0 Å². The fourth-order valence-electron chi connectivity index (χ4n) is 4.03. The predicted octanol–water partition coefficient (Wildman–Crippen LogP) is 1.23. The first-order chi connectivity index (χ1) is 6.29. The molecule has 0 radical (unpaired) electrons. The van der Waals surface area contributed by atoms with Crippen LogP contribution in [0.1, 0.15) is 25.7 Å². The van der Waals surface area contributed by atoms with Gasteiger partial charge in [0.2, 0.25) is 0 Å². The monoisotopic (exact) mass is 180 g/mol. The quantitative estimate of drug-likeness (QED) is 0.659. The number of aliphatic hydroxyl groups is 1. The second-order valence-electron chi connectivity index (χ2n) is 5.12. The summed E-state index contributed by atoms with van der Waals surface area (Å²) in [6.07, 6.45) is 4.60. The Hall–Kier alpha value is -0.370. The minimum atomic E-state index is 0.237. The maximum Gasteiger partial charge on any atom is 0.139 e. The highest BCUT2D eigenvalue weighted by Crippen LogP contribution is 2.54. The van der Waals surface area contributed by atoms with Gasteiger partial charge in [0.15, 0.2) is 0 Å². The van der Waals surface area contributed by atoms with E-state index in [2.05, 4.69) is 0 Å². The van der Waals surface area contributed by atoms with Crippen LogP contribution in [-0.2, 0) is 4.79 Å². The Morgan fingerprint density at radius 1 is 1.23 bits per heavy atom. The first-order valence-corrected chi connectivity index (χ1v) is 5.44. The van der Waals surface area contributed by atoms with Gasteiger partial charge in [-0.3, -0.25) is 4.79 Å². The third-order valence-corrected chi connectivity index (χ3v) is 4.53. The van der Waals surface area contributed by atoms with Crippen molar-refractivity contribution in [2.45, 2.75) is 25.7 Å². The van der Waals surface area contributed by atoms with Gasteiger partial charge in [0.25, 0.3) is 0 Å². The van der Waals surface area contributed by atoms with Crippen molar-refractivity contribution < 1.29 is 9.90 Å². The van der Waals surface area contributed by atoms with Crippen LogP contribution in [0, 0.1) is 29.6 Å². The topological polar surface area (TPSA) is 37.3 Å². The van der Waals surface area contributed by atoms with Gasteiger partial charge in [0, 0.05) is 18.4 Å². The number of rotatable bonds is 1. The summed E-state index contributed by atoms with van der Waals surface area (Å²) in [6.45, 7) is 0.237. The van der Waals surface area contributed by atoms with E-state index in [-0.39, 0.29) is 12.5 Å². The molecule has 2 nitrogen and oxygen atoms in total. The van der Waals surface area contributed by atoms with Gasteiger partial charge in [-0.2, -0.15) is 0 Å². The van der Waals surface area contributed by atoms with Crippen molar-refractivity contribution in [2.75, 3.05) is 6.61 Å². The lowest BCUT2D eigenvalue weighted by Gasteiger charge is -2.52. The van der Waals surface area contributed by atoms with Gasteiger partial charge in [0.1, 0.15) is 5.78 Å². The fourth-order valence-corrected chi connectivity index (χ4v) is 4.03. The van der Waals surface area contributed by atoms with Crippen LogP contribution in [0.25, 0.3) is 0 Å². The molecule has 4 fully saturated rings. The minimum absolute atomic E-state index is 0.237. The smallest absolute Gasteiger partial charge is 0.139 e. The molecule has 4 aliphatic rings. The number of carbonyl (C=O) groups excluding carboxylic acids is 1. The average Bonchev–Trinajstić information content (AvgIpc) is 2.13. The molecule has 4 saturated carbocycles. The molecule has 0 amide bonds. The van der Waals surface area contributed by atoms with Crippen LogP contribution in [0.3, 0.4) is 0 Å². The zero-order valence-corrected chi connectivity index (χ0v) is 7.78. The number of hydrogen-bond acceptors (Lipinski definition) is 2. The van der Waals surface area contributed by atoms with Crippen molar-refractivity contribution in [3.05, 3.63) is 0 Å². The molecule has 0 aromatic heterocycles. The molecule has 0 unspecified atom stereocenters. The first kappa shape index (κ1) is 7.98. The second-order valence-corrected chi connectivity index (χ2v) is 5.12. The third-order valence-electron chi connectivity index (χ3n) is 4.53. The van der Waals surface area contributed by atoms with Crippen LogP contribution in [-0.4, -0.2) is 17.5 Å². The molecule has 1 N–H and O–H groups in total. The van der Waals surface area contributed by atoms with Crippen molar-refractivity contribution in [1.29, 1.82) is 0 Å². The van der Waals surface area contributed by atoms with Crippen molar-refractivity contribution in [1.82, 2.24) is 0 Å². The zero-order chi connectivity index (χ0) is 9.00. The standard InChI is InChI=1S/C11H16O2/c12-5-10-7-1-6-2-8(4-7)11(13)9(10)3-6/h6-10,12H,1-5H2/t6-,7+,8-,9+,10+/m1/s1. The van der Waals surface area contributed by atoms with Crippen molar-refractivity contribution in [2.24, 2.45) is 29.6 Å². The Balaban J connectivity index is 1.94. The van der Waals surface area contributed by atoms with E-state index in [4.69, 9.17) is 0 Å². The van der Waals surface area contributed by atoms with E-state index in [0.717, 1.165) is 25.2 Å². The van der Waals surface area contributed by atoms with Gasteiger partial charge >= 0.3 is 0 Å². The Labute approximate surface area is 78.3 Å². The van der Waals surface area contributed by atoms with Gasteiger partial charge < -0.3 is 5.11 Å². The Bertz CT molecular complexity index is 248. The highest BCUT2D eigenvalue weighted by atomic mass is 16.3.